The molecule has 0 aliphatic heterocycles. The van der Waals surface area contributed by atoms with Gasteiger partial charge in [0.1, 0.15) is 11.6 Å². The number of halogens is 2. The molecule has 1 rings (SSSR count). The SMILES string of the molecule is NNC(=O)NCc1cc(F)ccc1F. The van der Waals surface area contributed by atoms with Crippen LogP contribution in [0.25, 0.3) is 0 Å². The van der Waals surface area contributed by atoms with E-state index in [1.807, 2.05) is 0 Å². The molecule has 0 aromatic heterocycles. The Morgan fingerprint density at radius 2 is 2.14 bits per heavy atom. The van der Waals surface area contributed by atoms with E-state index < -0.39 is 17.7 Å². The number of hydrogen-bond acceptors (Lipinski definition) is 2. The number of carbonyl (C=O) groups excluding carboxylic acids is 1. The summed E-state index contributed by atoms with van der Waals surface area (Å²) in [5, 5.41) is 2.23. The summed E-state index contributed by atoms with van der Waals surface area (Å²) in [4.78, 5) is 10.6. The quantitative estimate of drug-likeness (QED) is 0.373. The summed E-state index contributed by atoms with van der Waals surface area (Å²) in [6.45, 7) is -0.118. The Bertz CT molecular complexity index is 343. The predicted molar refractivity (Wildman–Crippen MR) is 45.9 cm³/mol. The fraction of sp³-hybridized carbons (Fsp3) is 0.125. The molecule has 14 heavy (non-hydrogen) atoms. The minimum absolute atomic E-state index is 0.0635. The minimum atomic E-state index is -0.659. The first-order valence-electron chi connectivity index (χ1n) is 3.82. The monoisotopic (exact) mass is 201 g/mol. The lowest BCUT2D eigenvalue weighted by Gasteiger charge is -2.05. The number of urea groups is 1. The third kappa shape index (κ3) is 2.67. The smallest absolute Gasteiger partial charge is 0.329 e. The number of benzene rings is 1. The summed E-state index contributed by atoms with van der Waals surface area (Å²) in [6.07, 6.45) is 0. The van der Waals surface area contributed by atoms with Gasteiger partial charge < -0.3 is 5.32 Å². The first-order valence-corrected chi connectivity index (χ1v) is 3.82. The van der Waals surface area contributed by atoms with Crippen molar-refractivity contribution >= 4 is 6.03 Å². The molecule has 0 heterocycles. The van der Waals surface area contributed by atoms with Gasteiger partial charge in [0, 0.05) is 12.1 Å². The summed E-state index contributed by atoms with van der Waals surface area (Å²) >= 11 is 0. The van der Waals surface area contributed by atoms with Crippen molar-refractivity contribution in [3.05, 3.63) is 35.4 Å². The van der Waals surface area contributed by atoms with Gasteiger partial charge >= 0.3 is 6.03 Å². The van der Waals surface area contributed by atoms with E-state index in [4.69, 9.17) is 5.84 Å². The summed E-state index contributed by atoms with van der Waals surface area (Å²) in [7, 11) is 0. The molecule has 0 spiro atoms. The highest BCUT2D eigenvalue weighted by Gasteiger charge is 2.04. The molecule has 4 N–H and O–H groups in total. The van der Waals surface area contributed by atoms with Gasteiger partial charge in [-0.3, -0.25) is 5.43 Å². The average Bonchev–Trinajstić information content (AvgIpc) is 2.19. The highest BCUT2D eigenvalue weighted by atomic mass is 19.1. The molecule has 76 valence electrons. The lowest BCUT2D eigenvalue weighted by molar-refractivity contribution is 0.240. The standard InChI is InChI=1S/C8H9F2N3O/c9-6-1-2-7(10)5(3-6)4-12-8(14)13-11/h1-3H,4,11H2,(H2,12,13,14). The molecule has 0 atom stereocenters. The maximum atomic E-state index is 13.0. The summed E-state index contributed by atoms with van der Waals surface area (Å²) in [6, 6.07) is 2.34. The number of rotatable bonds is 2. The number of nitrogens with one attached hydrogen (secondary N) is 2. The van der Waals surface area contributed by atoms with Crippen LogP contribution in [0, 0.1) is 11.6 Å². The Hall–Kier alpha value is -1.69. The molecule has 1 aromatic carbocycles. The molecule has 0 radical (unpaired) electrons. The van der Waals surface area contributed by atoms with Gasteiger partial charge in [-0.2, -0.15) is 0 Å². The number of nitrogens with two attached hydrogens (primary N) is 1. The lowest BCUT2D eigenvalue weighted by atomic mass is 10.2. The van der Waals surface area contributed by atoms with Crippen LogP contribution in [0.5, 0.6) is 0 Å². The van der Waals surface area contributed by atoms with Crippen LogP contribution in [0.4, 0.5) is 13.6 Å². The van der Waals surface area contributed by atoms with Gasteiger partial charge in [-0.25, -0.2) is 19.4 Å². The zero-order valence-electron chi connectivity index (χ0n) is 7.18. The molecular weight excluding hydrogens is 192 g/mol. The highest BCUT2D eigenvalue weighted by molar-refractivity contribution is 5.72. The van der Waals surface area contributed by atoms with Crippen LogP contribution in [0.2, 0.25) is 0 Å². The molecule has 0 unspecified atom stereocenters. The molecule has 0 fully saturated rings. The lowest BCUT2D eigenvalue weighted by Crippen LogP contribution is -2.39. The van der Waals surface area contributed by atoms with E-state index in [9.17, 15) is 13.6 Å². The van der Waals surface area contributed by atoms with Crippen molar-refractivity contribution in [2.24, 2.45) is 5.84 Å². The summed E-state index contributed by atoms with van der Waals surface area (Å²) in [5.74, 6) is 3.64. The van der Waals surface area contributed by atoms with Crippen molar-refractivity contribution in [1.82, 2.24) is 10.7 Å². The zero-order valence-corrected chi connectivity index (χ0v) is 7.18. The van der Waals surface area contributed by atoms with Crippen molar-refractivity contribution in [3.63, 3.8) is 0 Å². The minimum Gasteiger partial charge on any atom is -0.333 e. The van der Waals surface area contributed by atoms with Crippen LogP contribution >= 0.6 is 0 Å². The van der Waals surface area contributed by atoms with Gasteiger partial charge in [-0.15, -0.1) is 0 Å². The van der Waals surface area contributed by atoms with Crippen molar-refractivity contribution in [3.8, 4) is 0 Å². The third-order valence-corrected chi connectivity index (χ3v) is 1.58. The van der Waals surface area contributed by atoms with Crippen LogP contribution in [-0.4, -0.2) is 6.03 Å². The molecule has 0 saturated heterocycles. The van der Waals surface area contributed by atoms with E-state index in [1.165, 1.54) is 0 Å². The largest absolute Gasteiger partial charge is 0.333 e. The Kier molecular flexibility index (Phi) is 3.35. The molecule has 0 aliphatic rings. The number of hydrogen-bond donors (Lipinski definition) is 3. The summed E-state index contributed by atoms with van der Waals surface area (Å²) in [5.41, 5.74) is 1.87. The van der Waals surface area contributed by atoms with Crippen molar-refractivity contribution in [2.75, 3.05) is 0 Å². The Morgan fingerprint density at radius 1 is 1.43 bits per heavy atom. The van der Waals surface area contributed by atoms with Gasteiger partial charge in [-0.05, 0) is 18.2 Å². The van der Waals surface area contributed by atoms with Crippen molar-refractivity contribution < 1.29 is 13.6 Å². The molecule has 1 aromatic rings. The van der Waals surface area contributed by atoms with Gasteiger partial charge in [0.15, 0.2) is 0 Å². The van der Waals surface area contributed by atoms with Crippen LogP contribution in [0.3, 0.4) is 0 Å². The molecule has 2 amide bonds. The molecule has 0 aliphatic carbocycles. The third-order valence-electron chi connectivity index (χ3n) is 1.58. The number of hydrazine groups is 1. The maximum Gasteiger partial charge on any atom is 0.329 e. The highest BCUT2D eigenvalue weighted by Crippen LogP contribution is 2.08. The molecule has 4 nitrogen and oxygen atoms in total. The fourth-order valence-electron chi connectivity index (χ4n) is 0.905. The van der Waals surface area contributed by atoms with E-state index in [0.29, 0.717) is 0 Å². The number of amides is 2. The Balaban J connectivity index is 2.66. The normalized spacial score (nSPS) is 9.64. The molecular formula is C8H9F2N3O. The first kappa shape index (κ1) is 10.4. The zero-order chi connectivity index (χ0) is 10.6. The number of carbonyl (C=O) groups is 1. The van der Waals surface area contributed by atoms with Crippen LogP contribution in [-0.2, 0) is 6.54 Å². The van der Waals surface area contributed by atoms with Crippen molar-refractivity contribution in [1.29, 1.82) is 0 Å². The van der Waals surface area contributed by atoms with Gasteiger partial charge in [0.05, 0.1) is 0 Å². The van der Waals surface area contributed by atoms with Gasteiger partial charge in [0.2, 0.25) is 0 Å². The second-order valence-corrected chi connectivity index (χ2v) is 2.56. The van der Waals surface area contributed by atoms with E-state index in [-0.39, 0.29) is 12.1 Å². The second kappa shape index (κ2) is 4.52. The predicted octanol–water partition coefficient (Wildman–Crippen LogP) is 0.638. The van der Waals surface area contributed by atoms with Gasteiger partial charge in [-0.1, -0.05) is 0 Å². The molecule has 6 heteroatoms. The molecule has 0 bridgehead atoms. The summed E-state index contributed by atoms with van der Waals surface area (Å²) < 4.78 is 25.6. The maximum absolute atomic E-state index is 13.0. The van der Waals surface area contributed by atoms with Crippen LogP contribution in [0.15, 0.2) is 18.2 Å². The average molecular weight is 201 g/mol. The van der Waals surface area contributed by atoms with Crippen molar-refractivity contribution in [2.45, 2.75) is 6.54 Å². The fourth-order valence-corrected chi connectivity index (χ4v) is 0.905. The second-order valence-electron chi connectivity index (χ2n) is 2.56. The topological polar surface area (TPSA) is 67.1 Å². The Morgan fingerprint density at radius 3 is 2.79 bits per heavy atom. The molecule has 0 saturated carbocycles. The van der Waals surface area contributed by atoms with Crippen LogP contribution in [0.1, 0.15) is 5.56 Å². The van der Waals surface area contributed by atoms with E-state index in [2.05, 4.69) is 5.32 Å². The van der Waals surface area contributed by atoms with Gasteiger partial charge in [0.25, 0.3) is 0 Å². The van der Waals surface area contributed by atoms with E-state index >= 15 is 0 Å². The van der Waals surface area contributed by atoms with E-state index in [0.717, 1.165) is 18.2 Å². The van der Waals surface area contributed by atoms with Crippen LogP contribution < -0.4 is 16.6 Å². The first-order chi connectivity index (χ1) is 6.63. The Labute approximate surface area is 79.1 Å². The van der Waals surface area contributed by atoms with E-state index in [1.54, 1.807) is 5.43 Å².